The minimum Gasteiger partial charge on any atom is -0.476 e. The third kappa shape index (κ3) is 2.60. The summed E-state index contributed by atoms with van der Waals surface area (Å²) in [4.78, 5) is 29.8. The van der Waals surface area contributed by atoms with Crippen LogP contribution in [-0.2, 0) is 9.53 Å². The van der Waals surface area contributed by atoms with Crippen LogP contribution in [0.4, 0.5) is 0 Å². The van der Waals surface area contributed by atoms with Gasteiger partial charge in [0.2, 0.25) is 5.91 Å². The lowest BCUT2D eigenvalue weighted by atomic mass is 9.65. The standard InChI is InChI=1S/C17H22N2O5/c20-14(6-10-5-11-7-23-8-12(10)11)19-4-2-1-3-13(19)16-15(17(21)22)18-9-24-16/h9-13H,1-8H2,(H,21,22)/t10?,11-,12-,13?/m1/s1. The van der Waals surface area contributed by atoms with Gasteiger partial charge in [-0.25, -0.2) is 9.78 Å². The number of nitrogens with zero attached hydrogens (tertiary/aromatic N) is 2. The minimum atomic E-state index is -1.11. The second-order valence-electron chi connectivity index (χ2n) is 7.13. The number of aromatic nitrogens is 1. The molecule has 1 saturated carbocycles. The number of hydrogen-bond donors (Lipinski definition) is 1. The molecule has 130 valence electrons. The van der Waals surface area contributed by atoms with Gasteiger partial charge in [-0.05, 0) is 43.4 Å². The zero-order valence-electron chi connectivity index (χ0n) is 13.5. The number of aromatic carboxylic acids is 1. The number of ether oxygens (including phenoxy) is 1. The van der Waals surface area contributed by atoms with Crippen molar-refractivity contribution in [2.75, 3.05) is 19.8 Å². The zero-order chi connectivity index (χ0) is 16.7. The molecule has 3 aliphatic rings. The summed E-state index contributed by atoms with van der Waals surface area (Å²) in [5.74, 6) is 0.863. The number of hydrogen-bond acceptors (Lipinski definition) is 5. The Morgan fingerprint density at radius 3 is 3.00 bits per heavy atom. The summed E-state index contributed by atoms with van der Waals surface area (Å²) in [7, 11) is 0. The highest BCUT2D eigenvalue weighted by atomic mass is 16.5. The lowest BCUT2D eigenvalue weighted by Crippen LogP contribution is -2.43. The second kappa shape index (κ2) is 6.20. The zero-order valence-corrected chi connectivity index (χ0v) is 13.5. The van der Waals surface area contributed by atoms with E-state index in [-0.39, 0.29) is 17.6 Å². The van der Waals surface area contributed by atoms with E-state index >= 15 is 0 Å². The Balaban J connectivity index is 1.48. The molecule has 0 spiro atoms. The molecule has 2 unspecified atom stereocenters. The van der Waals surface area contributed by atoms with Crippen LogP contribution in [0.25, 0.3) is 0 Å². The van der Waals surface area contributed by atoms with Crippen molar-refractivity contribution in [2.24, 2.45) is 17.8 Å². The van der Waals surface area contributed by atoms with Crippen LogP contribution in [0.3, 0.4) is 0 Å². The van der Waals surface area contributed by atoms with Gasteiger partial charge in [-0.1, -0.05) is 0 Å². The Labute approximate surface area is 140 Å². The van der Waals surface area contributed by atoms with Crippen LogP contribution < -0.4 is 0 Å². The van der Waals surface area contributed by atoms with Crippen molar-refractivity contribution in [3.63, 3.8) is 0 Å². The Morgan fingerprint density at radius 2 is 2.21 bits per heavy atom. The highest BCUT2D eigenvalue weighted by molar-refractivity contribution is 5.87. The summed E-state index contributed by atoms with van der Waals surface area (Å²) >= 11 is 0. The van der Waals surface area contributed by atoms with E-state index in [4.69, 9.17) is 9.15 Å². The lowest BCUT2D eigenvalue weighted by molar-refractivity contribution is -0.138. The summed E-state index contributed by atoms with van der Waals surface area (Å²) in [6.07, 6.45) is 5.37. The van der Waals surface area contributed by atoms with Crippen LogP contribution in [0.5, 0.6) is 0 Å². The average molecular weight is 334 g/mol. The molecule has 0 radical (unpaired) electrons. The van der Waals surface area contributed by atoms with Gasteiger partial charge in [0.05, 0.1) is 12.6 Å². The molecule has 4 rings (SSSR count). The highest BCUT2D eigenvalue weighted by Crippen LogP contribution is 2.47. The summed E-state index contributed by atoms with van der Waals surface area (Å²) in [5.41, 5.74) is -0.0763. The molecule has 0 bridgehead atoms. The fraction of sp³-hybridized carbons (Fsp3) is 0.706. The number of carbonyl (C=O) groups is 2. The molecule has 7 heteroatoms. The quantitative estimate of drug-likeness (QED) is 0.906. The molecule has 24 heavy (non-hydrogen) atoms. The number of likely N-dealkylation sites (tertiary alicyclic amines) is 1. The van der Waals surface area contributed by atoms with Gasteiger partial charge in [-0.3, -0.25) is 4.79 Å². The van der Waals surface area contributed by atoms with E-state index in [1.54, 1.807) is 4.90 Å². The largest absolute Gasteiger partial charge is 0.476 e. The smallest absolute Gasteiger partial charge is 0.358 e. The third-order valence-electron chi connectivity index (χ3n) is 5.82. The molecule has 7 nitrogen and oxygen atoms in total. The summed E-state index contributed by atoms with van der Waals surface area (Å²) in [5, 5.41) is 9.27. The van der Waals surface area contributed by atoms with E-state index in [0.29, 0.717) is 36.5 Å². The molecule has 2 saturated heterocycles. The van der Waals surface area contributed by atoms with Gasteiger partial charge >= 0.3 is 5.97 Å². The maximum Gasteiger partial charge on any atom is 0.358 e. The molecular weight excluding hydrogens is 312 g/mol. The van der Waals surface area contributed by atoms with Crippen LogP contribution in [0.15, 0.2) is 10.8 Å². The van der Waals surface area contributed by atoms with Crippen LogP contribution in [-0.4, -0.2) is 46.6 Å². The Hall–Kier alpha value is -1.89. The van der Waals surface area contributed by atoms with Gasteiger partial charge in [-0.2, -0.15) is 0 Å². The van der Waals surface area contributed by atoms with E-state index in [0.717, 1.165) is 45.3 Å². The van der Waals surface area contributed by atoms with Crippen molar-refractivity contribution < 1.29 is 23.8 Å². The lowest BCUT2D eigenvalue weighted by Gasteiger charge is -2.41. The Morgan fingerprint density at radius 1 is 1.33 bits per heavy atom. The number of oxazole rings is 1. The minimum absolute atomic E-state index is 0.0763. The number of carboxylic acid groups (broad SMARTS) is 1. The summed E-state index contributed by atoms with van der Waals surface area (Å²) in [6, 6.07) is -0.310. The van der Waals surface area contributed by atoms with Crippen molar-refractivity contribution in [3.8, 4) is 0 Å². The fourth-order valence-electron chi connectivity index (χ4n) is 4.48. The second-order valence-corrected chi connectivity index (χ2v) is 7.13. The molecule has 1 aromatic heterocycles. The molecule has 1 N–H and O–H groups in total. The van der Waals surface area contributed by atoms with Crippen molar-refractivity contribution in [1.82, 2.24) is 9.88 Å². The highest BCUT2D eigenvalue weighted by Gasteiger charge is 2.46. The van der Waals surface area contributed by atoms with E-state index in [9.17, 15) is 14.7 Å². The van der Waals surface area contributed by atoms with Crippen molar-refractivity contribution in [1.29, 1.82) is 0 Å². The van der Waals surface area contributed by atoms with Crippen LogP contribution >= 0.6 is 0 Å². The van der Waals surface area contributed by atoms with Gasteiger partial charge < -0.3 is 19.2 Å². The summed E-state index contributed by atoms with van der Waals surface area (Å²) in [6.45, 7) is 2.26. The van der Waals surface area contributed by atoms with Gasteiger partial charge in [-0.15, -0.1) is 0 Å². The fourth-order valence-corrected chi connectivity index (χ4v) is 4.48. The normalized spacial score (nSPS) is 32.2. The SMILES string of the molecule is O=C(O)c1ncoc1C1CCCCN1C(=O)CC1C[C@@H]2COC[C@H]12. The van der Waals surface area contributed by atoms with E-state index in [1.807, 2.05) is 0 Å². The van der Waals surface area contributed by atoms with E-state index < -0.39 is 5.97 Å². The maximum atomic E-state index is 12.9. The third-order valence-corrected chi connectivity index (χ3v) is 5.82. The van der Waals surface area contributed by atoms with Crippen molar-refractivity contribution in [2.45, 2.75) is 38.1 Å². The molecule has 2 aliphatic heterocycles. The monoisotopic (exact) mass is 334 g/mol. The average Bonchev–Trinajstić information content (AvgIpc) is 3.19. The number of amides is 1. The molecule has 0 aromatic carbocycles. The molecule has 3 fully saturated rings. The molecule has 3 heterocycles. The Bertz CT molecular complexity index is 643. The van der Waals surface area contributed by atoms with E-state index in [1.165, 1.54) is 0 Å². The molecule has 1 aliphatic carbocycles. The van der Waals surface area contributed by atoms with Crippen LogP contribution in [0.1, 0.15) is 54.4 Å². The van der Waals surface area contributed by atoms with Gasteiger partial charge in [0.25, 0.3) is 0 Å². The number of carbonyl (C=O) groups excluding carboxylic acids is 1. The predicted octanol–water partition coefficient (Wildman–Crippen LogP) is 2.10. The number of rotatable bonds is 4. The molecule has 4 atom stereocenters. The maximum absolute atomic E-state index is 12.9. The van der Waals surface area contributed by atoms with Crippen molar-refractivity contribution in [3.05, 3.63) is 17.8 Å². The number of piperidine rings is 1. The van der Waals surface area contributed by atoms with Gasteiger partial charge in [0.15, 0.2) is 17.8 Å². The summed E-state index contributed by atoms with van der Waals surface area (Å²) < 4.78 is 10.9. The first-order valence-corrected chi connectivity index (χ1v) is 8.69. The number of carboxylic acids is 1. The topological polar surface area (TPSA) is 92.9 Å². The number of fused-ring (bicyclic) bond motifs is 1. The van der Waals surface area contributed by atoms with Gasteiger partial charge in [0, 0.05) is 19.6 Å². The first kappa shape index (κ1) is 15.6. The van der Waals surface area contributed by atoms with Crippen LogP contribution in [0.2, 0.25) is 0 Å². The van der Waals surface area contributed by atoms with Crippen molar-refractivity contribution >= 4 is 11.9 Å². The molecular formula is C17H22N2O5. The molecule has 1 aromatic rings. The van der Waals surface area contributed by atoms with Crippen LogP contribution in [0, 0.1) is 17.8 Å². The van der Waals surface area contributed by atoms with E-state index in [2.05, 4.69) is 4.98 Å². The molecule has 1 amide bonds. The van der Waals surface area contributed by atoms with Gasteiger partial charge in [0.1, 0.15) is 0 Å². The predicted molar refractivity (Wildman–Crippen MR) is 82.3 cm³/mol. The first-order valence-electron chi connectivity index (χ1n) is 8.69. The Kier molecular flexibility index (Phi) is 4.04. The first-order chi connectivity index (χ1) is 11.6.